The van der Waals surface area contributed by atoms with Crippen LogP contribution in [0.15, 0.2) is 0 Å². The highest BCUT2D eigenvalue weighted by Gasteiger charge is 1.84. The Kier molecular flexibility index (Phi) is 6.56. The Labute approximate surface area is 53.8 Å². The Morgan fingerprint density at radius 3 is 2.75 bits per heavy atom. The summed E-state index contributed by atoms with van der Waals surface area (Å²) in [5.74, 6) is 0.627. The molecule has 0 amide bonds. The summed E-state index contributed by atoms with van der Waals surface area (Å²) in [6.07, 6.45) is 1.72. The van der Waals surface area contributed by atoms with Crippen molar-refractivity contribution in [2.24, 2.45) is 0 Å². The number of halogens is 1. The standard InChI is InChI=1S/C5H8ClO2/c6-3-1-2-4-8-5-7/h1-4H2. The second kappa shape index (κ2) is 6.76. The monoisotopic (exact) mass is 135 g/mol. The molecule has 0 spiro atoms. The second-order valence-electron chi connectivity index (χ2n) is 1.33. The molecule has 0 saturated heterocycles. The molecule has 0 atom stereocenters. The van der Waals surface area contributed by atoms with Gasteiger partial charge in [-0.05, 0) is 12.8 Å². The highest BCUT2D eigenvalue weighted by molar-refractivity contribution is 6.17. The molecule has 0 aliphatic heterocycles. The lowest BCUT2D eigenvalue weighted by Crippen LogP contribution is -1.90. The van der Waals surface area contributed by atoms with Crippen LogP contribution in [0.5, 0.6) is 0 Å². The molecule has 0 N–H and O–H groups in total. The molecule has 8 heavy (non-hydrogen) atoms. The summed E-state index contributed by atoms with van der Waals surface area (Å²) in [7, 11) is 0. The van der Waals surface area contributed by atoms with Crippen LogP contribution < -0.4 is 0 Å². The Bertz CT molecular complexity index is 56.4. The molecule has 0 aromatic carbocycles. The summed E-state index contributed by atoms with van der Waals surface area (Å²) in [6, 6.07) is 0. The lowest BCUT2D eigenvalue weighted by Gasteiger charge is -1.91. The van der Waals surface area contributed by atoms with Crippen LogP contribution >= 0.6 is 11.6 Å². The van der Waals surface area contributed by atoms with Crippen LogP contribution in [0.2, 0.25) is 0 Å². The van der Waals surface area contributed by atoms with Crippen molar-refractivity contribution in [3.63, 3.8) is 0 Å². The predicted octanol–water partition coefficient (Wildman–Crippen LogP) is 1.09. The third-order valence-electron chi connectivity index (χ3n) is 0.689. The van der Waals surface area contributed by atoms with Crippen molar-refractivity contribution in [3.05, 3.63) is 0 Å². The summed E-state index contributed by atoms with van der Waals surface area (Å²) in [6.45, 7) is 1.77. The zero-order valence-electron chi connectivity index (χ0n) is 4.52. The average molecular weight is 136 g/mol. The van der Waals surface area contributed by atoms with E-state index in [1.807, 2.05) is 0 Å². The van der Waals surface area contributed by atoms with Crippen LogP contribution in [-0.2, 0) is 9.53 Å². The maximum Gasteiger partial charge on any atom is 0.417 e. The Morgan fingerprint density at radius 1 is 1.50 bits per heavy atom. The first-order valence-corrected chi connectivity index (χ1v) is 3.00. The molecule has 0 aromatic rings. The molecule has 47 valence electrons. The largest absolute Gasteiger partial charge is 0.457 e. The van der Waals surface area contributed by atoms with E-state index in [0.29, 0.717) is 12.5 Å². The fourth-order valence-electron chi connectivity index (χ4n) is 0.310. The van der Waals surface area contributed by atoms with Gasteiger partial charge >= 0.3 is 6.47 Å². The van der Waals surface area contributed by atoms with Crippen molar-refractivity contribution in [3.8, 4) is 0 Å². The van der Waals surface area contributed by atoms with Crippen LogP contribution in [0.3, 0.4) is 0 Å². The number of rotatable bonds is 5. The van der Waals surface area contributed by atoms with E-state index in [4.69, 9.17) is 11.6 Å². The summed E-state index contributed by atoms with van der Waals surface area (Å²) in [5, 5.41) is 0. The lowest BCUT2D eigenvalue weighted by atomic mass is 10.4. The minimum Gasteiger partial charge on any atom is -0.457 e. The highest BCUT2D eigenvalue weighted by Crippen LogP contribution is 1.90. The van der Waals surface area contributed by atoms with Crippen LogP contribution in [0.25, 0.3) is 0 Å². The molecule has 2 nitrogen and oxygen atoms in total. The van der Waals surface area contributed by atoms with E-state index in [-0.39, 0.29) is 0 Å². The van der Waals surface area contributed by atoms with Crippen molar-refractivity contribution in [1.82, 2.24) is 0 Å². The fourth-order valence-corrected chi connectivity index (χ4v) is 0.499. The van der Waals surface area contributed by atoms with Gasteiger partial charge in [-0.25, -0.2) is 4.79 Å². The van der Waals surface area contributed by atoms with Gasteiger partial charge in [0, 0.05) is 5.88 Å². The lowest BCUT2D eigenvalue weighted by molar-refractivity contribution is 0.272. The van der Waals surface area contributed by atoms with Crippen molar-refractivity contribution in [1.29, 1.82) is 0 Å². The minimum atomic E-state index is 0.441. The number of carbonyl (C=O) groups excluding carboxylic acids is 1. The van der Waals surface area contributed by atoms with Gasteiger partial charge in [-0.15, -0.1) is 11.6 Å². The van der Waals surface area contributed by atoms with Crippen molar-refractivity contribution in [2.45, 2.75) is 12.8 Å². The van der Waals surface area contributed by atoms with Gasteiger partial charge in [0.25, 0.3) is 0 Å². The molecule has 0 aliphatic rings. The van der Waals surface area contributed by atoms with E-state index < -0.39 is 0 Å². The number of hydrogen-bond donors (Lipinski definition) is 0. The molecule has 1 radical (unpaired) electrons. The van der Waals surface area contributed by atoms with E-state index in [1.165, 1.54) is 6.47 Å². The third-order valence-corrected chi connectivity index (χ3v) is 0.956. The zero-order valence-corrected chi connectivity index (χ0v) is 5.28. The van der Waals surface area contributed by atoms with Gasteiger partial charge in [-0.2, -0.15) is 0 Å². The molecule has 0 bridgehead atoms. The Balaban J connectivity index is 2.62. The number of ether oxygens (including phenoxy) is 1. The van der Waals surface area contributed by atoms with E-state index in [0.717, 1.165) is 12.8 Å². The Morgan fingerprint density at radius 2 is 2.25 bits per heavy atom. The summed E-state index contributed by atoms with van der Waals surface area (Å²) in [4.78, 5) is 9.39. The van der Waals surface area contributed by atoms with E-state index in [1.54, 1.807) is 0 Å². The van der Waals surface area contributed by atoms with Crippen LogP contribution in [0.1, 0.15) is 12.8 Å². The Hall–Kier alpha value is -0.240. The van der Waals surface area contributed by atoms with Gasteiger partial charge in [0.05, 0.1) is 6.61 Å². The number of unbranched alkanes of at least 4 members (excludes halogenated alkanes) is 1. The van der Waals surface area contributed by atoms with E-state index in [9.17, 15) is 4.79 Å². The van der Waals surface area contributed by atoms with Gasteiger partial charge in [0.2, 0.25) is 0 Å². The topological polar surface area (TPSA) is 26.3 Å². The normalized spacial score (nSPS) is 8.62. The van der Waals surface area contributed by atoms with Gasteiger partial charge in [-0.1, -0.05) is 0 Å². The summed E-state index contributed by atoms with van der Waals surface area (Å²) >= 11 is 5.33. The van der Waals surface area contributed by atoms with E-state index >= 15 is 0 Å². The fraction of sp³-hybridized carbons (Fsp3) is 0.800. The summed E-state index contributed by atoms with van der Waals surface area (Å²) < 4.78 is 4.27. The molecule has 0 heterocycles. The summed E-state index contributed by atoms with van der Waals surface area (Å²) in [5.41, 5.74) is 0. The van der Waals surface area contributed by atoms with Crippen LogP contribution in [0, 0.1) is 0 Å². The third kappa shape index (κ3) is 5.76. The molecule has 0 rings (SSSR count). The van der Waals surface area contributed by atoms with Crippen molar-refractivity contribution in [2.75, 3.05) is 12.5 Å². The quantitative estimate of drug-likeness (QED) is 0.417. The molecule has 0 saturated carbocycles. The molecule has 0 unspecified atom stereocenters. The van der Waals surface area contributed by atoms with Gasteiger partial charge in [0.1, 0.15) is 0 Å². The van der Waals surface area contributed by atoms with Crippen molar-refractivity contribution < 1.29 is 9.53 Å². The van der Waals surface area contributed by atoms with Gasteiger partial charge < -0.3 is 4.74 Å². The maximum atomic E-state index is 9.39. The highest BCUT2D eigenvalue weighted by atomic mass is 35.5. The first-order chi connectivity index (χ1) is 3.91. The molecular formula is C5H8ClO2. The van der Waals surface area contributed by atoms with Crippen LogP contribution in [0.4, 0.5) is 0 Å². The molecule has 0 aliphatic carbocycles. The molecular weight excluding hydrogens is 128 g/mol. The number of alkyl halides is 1. The molecule has 3 heteroatoms. The zero-order chi connectivity index (χ0) is 6.24. The minimum absolute atomic E-state index is 0.441. The van der Waals surface area contributed by atoms with Crippen LogP contribution in [-0.4, -0.2) is 19.0 Å². The predicted molar refractivity (Wildman–Crippen MR) is 31.6 cm³/mol. The maximum absolute atomic E-state index is 9.39. The number of hydrogen-bond acceptors (Lipinski definition) is 2. The molecule has 0 aromatic heterocycles. The SMILES string of the molecule is O=[C]OCCCCCl. The second-order valence-corrected chi connectivity index (χ2v) is 1.71. The van der Waals surface area contributed by atoms with Gasteiger partial charge in [0.15, 0.2) is 0 Å². The first kappa shape index (κ1) is 7.76. The molecule has 0 fully saturated rings. The van der Waals surface area contributed by atoms with Crippen molar-refractivity contribution >= 4 is 18.1 Å². The smallest absolute Gasteiger partial charge is 0.417 e. The first-order valence-electron chi connectivity index (χ1n) is 2.46. The average Bonchev–Trinajstić information content (AvgIpc) is 1.81. The van der Waals surface area contributed by atoms with E-state index in [2.05, 4.69) is 4.74 Å². The van der Waals surface area contributed by atoms with Gasteiger partial charge in [-0.3, -0.25) is 0 Å².